The van der Waals surface area contributed by atoms with Crippen LogP contribution in [0.2, 0.25) is 0 Å². The average Bonchev–Trinajstić information content (AvgIpc) is 2.89. The summed E-state index contributed by atoms with van der Waals surface area (Å²) in [7, 11) is 4.42. The van der Waals surface area contributed by atoms with E-state index >= 15 is 0 Å². The van der Waals surface area contributed by atoms with Gasteiger partial charge in [-0.05, 0) is 78.3 Å². The predicted molar refractivity (Wildman–Crippen MR) is 164 cm³/mol. The van der Waals surface area contributed by atoms with Crippen LogP contribution in [0.3, 0.4) is 0 Å². The zero-order valence-electron chi connectivity index (χ0n) is 25.6. The third-order valence-corrected chi connectivity index (χ3v) is 7.88. The number of unbranched alkanes of at least 4 members (excludes halogenated alkanes) is 14. The lowest BCUT2D eigenvalue weighted by molar-refractivity contribution is -0.0667. The molecule has 0 spiro atoms. The molecule has 0 aliphatic heterocycles. The van der Waals surface area contributed by atoms with Gasteiger partial charge >= 0.3 is 0 Å². The Bertz CT molecular complexity index is 530. The topological polar surface area (TPSA) is 21.7 Å². The zero-order chi connectivity index (χ0) is 26.8. The molecule has 0 aromatic carbocycles. The Morgan fingerprint density at radius 1 is 0.541 bits per heavy atom. The summed E-state index contributed by atoms with van der Waals surface area (Å²) in [6.45, 7) is 6.39. The summed E-state index contributed by atoms with van der Waals surface area (Å²) in [5.41, 5.74) is 0. The van der Waals surface area contributed by atoms with Crippen molar-refractivity contribution < 1.29 is 9.47 Å². The normalized spacial score (nSPS) is 20.6. The summed E-state index contributed by atoms with van der Waals surface area (Å²) >= 11 is 0. The molecule has 1 rings (SSSR count). The van der Waals surface area contributed by atoms with Gasteiger partial charge in [0.05, 0.1) is 12.2 Å². The molecule has 3 atom stereocenters. The van der Waals surface area contributed by atoms with E-state index in [-0.39, 0.29) is 0 Å². The lowest BCUT2D eigenvalue weighted by atomic mass is 9.89. The van der Waals surface area contributed by atoms with E-state index in [9.17, 15) is 0 Å². The summed E-state index contributed by atoms with van der Waals surface area (Å²) in [5, 5.41) is 0. The average molecular weight is 520 g/mol. The Hall–Kier alpha value is -0.640. The van der Waals surface area contributed by atoms with Crippen molar-refractivity contribution in [3.8, 4) is 0 Å². The summed E-state index contributed by atoms with van der Waals surface area (Å²) in [6, 6.07) is 0.587. The Labute approximate surface area is 232 Å². The standard InChI is InChI=1S/C34H65NO2/c1-5-7-9-11-13-14-15-16-17-18-19-20-21-22-24-26-28-37-34-30-32(35(3)4)29-33(31-34)36-27-25-23-12-10-8-6-2/h13-14,16-17,32-34H,5-12,15,18-31H2,1-4H3. The van der Waals surface area contributed by atoms with Gasteiger partial charge in [-0.1, -0.05) is 109 Å². The van der Waals surface area contributed by atoms with Crippen molar-refractivity contribution in [1.29, 1.82) is 0 Å². The highest BCUT2D eigenvalue weighted by Gasteiger charge is 2.31. The first kappa shape index (κ1) is 34.4. The molecular formula is C34H65NO2. The Kier molecular flexibility index (Phi) is 23.8. The number of allylic oxidation sites excluding steroid dienone is 4. The molecule has 0 heterocycles. The quantitative estimate of drug-likeness (QED) is 0.0884. The van der Waals surface area contributed by atoms with Gasteiger partial charge in [-0.15, -0.1) is 0 Å². The fourth-order valence-corrected chi connectivity index (χ4v) is 5.36. The highest BCUT2D eigenvalue weighted by molar-refractivity contribution is 4.92. The van der Waals surface area contributed by atoms with Crippen LogP contribution < -0.4 is 0 Å². The minimum absolute atomic E-state index is 0.369. The summed E-state index contributed by atoms with van der Waals surface area (Å²) < 4.78 is 12.7. The van der Waals surface area contributed by atoms with E-state index in [4.69, 9.17) is 9.47 Å². The van der Waals surface area contributed by atoms with Gasteiger partial charge in [0, 0.05) is 19.3 Å². The van der Waals surface area contributed by atoms with Crippen LogP contribution in [-0.4, -0.2) is 50.5 Å². The van der Waals surface area contributed by atoms with Crippen LogP contribution in [0.15, 0.2) is 24.3 Å². The molecule has 0 bridgehead atoms. The van der Waals surface area contributed by atoms with E-state index in [1.165, 1.54) is 109 Å². The third-order valence-electron chi connectivity index (χ3n) is 7.88. The fraction of sp³-hybridized carbons (Fsp3) is 0.882. The van der Waals surface area contributed by atoms with Crippen LogP contribution >= 0.6 is 0 Å². The van der Waals surface area contributed by atoms with E-state index in [2.05, 4.69) is 57.1 Å². The van der Waals surface area contributed by atoms with Gasteiger partial charge in [0.1, 0.15) is 0 Å². The second-order valence-corrected chi connectivity index (χ2v) is 11.7. The van der Waals surface area contributed by atoms with Crippen molar-refractivity contribution in [2.75, 3.05) is 27.3 Å². The molecule has 0 radical (unpaired) electrons. The molecule has 1 saturated carbocycles. The van der Waals surface area contributed by atoms with Crippen molar-refractivity contribution in [3.63, 3.8) is 0 Å². The van der Waals surface area contributed by atoms with Crippen molar-refractivity contribution in [1.82, 2.24) is 4.90 Å². The fourth-order valence-electron chi connectivity index (χ4n) is 5.36. The lowest BCUT2D eigenvalue weighted by Gasteiger charge is -2.38. The van der Waals surface area contributed by atoms with Gasteiger partial charge in [0.15, 0.2) is 0 Å². The van der Waals surface area contributed by atoms with E-state index in [0.29, 0.717) is 18.2 Å². The molecule has 1 fully saturated rings. The SMILES string of the molecule is CCCCCC=CCC=CCCCCCCCCOC1CC(OCCCCCCCC)CC(N(C)C)C1. The summed E-state index contributed by atoms with van der Waals surface area (Å²) in [6.07, 6.45) is 37.0. The maximum atomic E-state index is 6.36. The van der Waals surface area contributed by atoms with Gasteiger partial charge in [-0.2, -0.15) is 0 Å². The molecule has 1 aliphatic rings. The molecule has 0 aromatic heterocycles. The molecule has 3 unspecified atom stereocenters. The number of rotatable bonds is 25. The number of ether oxygens (including phenoxy) is 2. The molecule has 218 valence electrons. The van der Waals surface area contributed by atoms with Gasteiger partial charge in [0.25, 0.3) is 0 Å². The van der Waals surface area contributed by atoms with E-state index in [1.807, 2.05) is 0 Å². The summed E-state index contributed by atoms with van der Waals surface area (Å²) in [5.74, 6) is 0. The van der Waals surface area contributed by atoms with Crippen molar-refractivity contribution in [3.05, 3.63) is 24.3 Å². The molecule has 1 aliphatic carbocycles. The van der Waals surface area contributed by atoms with Gasteiger partial charge in [0.2, 0.25) is 0 Å². The van der Waals surface area contributed by atoms with Gasteiger partial charge in [-0.25, -0.2) is 0 Å². The first-order valence-corrected chi connectivity index (χ1v) is 16.4. The Balaban J connectivity index is 2.02. The second kappa shape index (κ2) is 25.6. The maximum Gasteiger partial charge on any atom is 0.0614 e. The summed E-state index contributed by atoms with van der Waals surface area (Å²) in [4.78, 5) is 2.37. The second-order valence-electron chi connectivity index (χ2n) is 11.7. The monoisotopic (exact) mass is 520 g/mol. The Morgan fingerprint density at radius 2 is 0.973 bits per heavy atom. The maximum absolute atomic E-state index is 6.36. The molecule has 0 N–H and O–H groups in total. The van der Waals surface area contributed by atoms with E-state index in [0.717, 1.165) is 38.9 Å². The number of nitrogens with zero attached hydrogens (tertiary/aromatic N) is 1. The van der Waals surface area contributed by atoms with Gasteiger partial charge < -0.3 is 14.4 Å². The Morgan fingerprint density at radius 3 is 1.49 bits per heavy atom. The van der Waals surface area contributed by atoms with Crippen LogP contribution in [-0.2, 0) is 9.47 Å². The predicted octanol–water partition coefficient (Wildman–Crippen LogP) is 10.0. The third kappa shape index (κ3) is 20.9. The highest BCUT2D eigenvalue weighted by Crippen LogP contribution is 2.27. The van der Waals surface area contributed by atoms with Crippen molar-refractivity contribution in [2.45, 2.75) is 167 Å². The highest BCUT2D eigenvalue weighted by atomic mass is 16.5. The molecule has 0 aromatic rings. The molecular weight excluding hydrogens is 454 g/mol. The van der Waals surface area contributed by atoms with Crippen LogP contribution in [0.4, 0.5) is 0 Å². The smallest absolute Gasteiger partial charge is 0.0614 e. The first-order valence-electron chi connectivity index (χ1n) is 16.4. The van der Waals surface area contributed by atoms with Crippen LogP contribution in [0, 0.1) is 0 Å². The lowest BCUT2D eigenvalue weighted by Crippen LogP contribution is -2.42. The van der Waals surface area contributed by atoms with Crippen LogP contribution in [0.5, 0.6) is 0 Å². The van der Waals surface area contributed by atoms with Gasteiger partial charge in [-0.3, -0.25) is 0 Å². The van der Waals surface area contributed by atoms with E-state index < -0.39 is 0 Å². The first-order chi connectivity index (χ1) is 18.2. The number of hydrogen-bond donors (Lipinski definition) is 0. The largest absolute Gasteiger partial charge is 0.378 e. The van der Waals surface area contributed by atoms with E-state index in [1.54, 1.807) is 0 Å². The molecule has 0 amide bonds. The molecule has 0 saturated heterocycles. The zero-order valence-corrected chi connectivity index (χ0v) is 25.6. The van der Waals surface area contributed by atoms with Crippen LogP contribution in [0.1, 0.15) is 149 Å². The number of hydrogen-bond acceptors (Lipinski definition) is 3. The minimum atomic E-state index is 0.369. The van der Waals surface area contributed by atoms with Crippen molar-refractivity contribution in [2.24, 2.45) is 0 Å². The van der Waals surface area contributed by atoms with Crippen LogP contribution in [0.25, 0.3) is 0 Å². The van der Waals surface area contributed by atoms with Crippen molar-refractivity contribution >= 4 is 0 Å². The molecule has 37 heavy (non-hydrogen) atoms. The molecule has 3 nitrogen and oxygen atoms in total. The molecule has 3 heteroatoms. The minimum Gasteiger partial charge on any atom is -0.378 e.